The van der Waals surface area contributed by atoms with Crippen LogP contribution in [0.1, 0.15) is 56.6 Å². The van der Waals surface area contributed by atoms with Gasteiger partial charge in [0.25, 0.3) is 0 Å². The zero-order valence-electron chi connectivity index (χ0n) is 27.7. The molecular weight excluding hydrogens is 661 g/mol. The number of alkyl halides is 5. The zero-order valence-corrected chi connectivity index (χ0v) is 27.7. The fourth-order valence-electron chi connectivity index (χ4n) is 7.27. The van der Waals surface area contributed by atoms with E-state index in [2.05, 4.69) is 20.5 Å². The third-order valence-electron chi connectivity index (χ3n) is 10.2. The van der Waals surface area contributed by atoms with Crippen LogP contribution in [0.15, 0.2) is 24.4 Å². The maximum atomic E-state index is 15.4. The minimum Gasteiger partial charge on any atom is -0.497 e. The van der Waals surface area contributed by atoms with E-state index in [0.717, 1.165) is 17.0 Å². The average molecular weight is 703 g/mol. The van der Waals surface area contributed by atoms with Gasteiger partial charge in [-0.05, 0) is 52.6 Å². The molecule has 0 spiro atoms. The lowest BCUT2D eigenvalue weighted by atomic mass is 9.86. The molecule has 5 rings (SSSR count). The SMILES string of the molecule is COc1cc(F)c([C@@H]2CN(c3nccc(N4C[C@@H](C)N(C)[C@@H](C)C4)c3C(F)(F)F)C(=O)C2CNC(=O)N[C@H]2CC[C@H](C(F)F)CC2)c(F)c1. The van der Waals surface area contributed by atoms with Gasteiger partial charge in [-0.15, -0.1) is 0 Å². The van der Waals surface area contributed by atoms with Crippen molar-refractivity contribution >= 4 is 23.4 Å². The Morgan fingerprint density at radius 3 is 2.20 bits per heavy atom. The molecule has 2 N–H and O–H groups in total. The lowest BCUT2D eigenvalue weighted by molar-refractivity contribution is -0.137. The van der Waals surface area contributed by atoms with Gasteiger partial charge in [-0.2, -0.15) is 13.2 Å². The highest BCUT2D eigenvalue weighted by atomic mass is 19.4. The molecule has 2 aliphatic heterocycles. The molecule has 3 amide bonds. The third kappa shape index (κ3) is 7.68. The normalized spacial score (nSPS) is 26.7. The molecule has 0 bridgehead atoms. The number of piperazine rings is 1. The van der Waals surface area contributed by atoms with Gasteiger partial charge in [0, 0.05) is 80.0 Å². The Balaban J connectivity index is 1.46. The fourth-order valence-corrected chi connectivity index (χ4v) is 7.27. The number of benzene rings is 1. The van der Waals surface area contributed by atoms with Crippen LogP contribution >= 0.6 is 0 Å². The lowest BCUT2D eigenvalue weighted by Crippen LogP contribution is -2.55. The summed E-state index contributed by atoms with van der Waals surface area (Å²) in [5.41, 5.74) is -1.86. The van der Waals surface area contributed by atoms with Crippen LogP contribution in [-0.2, 0) is 11.0 Å². The highest BCUT2D eigenvalue weighted by Gasteiger charge is 2.49. The van der Waals surface area contributed by atoms with Crippen molar-refractivity contribution in [3.05, 3.63) is 47.2 Å². The number of likely N-dealkylation sites (N-methyl/N-ethyl adjacent to an activating group) is 1. The van der Waals surface area contributed by atoms with Crippen LogP contribution in [0.4, 0.5) is 47.0 Å². The van der Waals surface area contributed by atoms with Crippen molar-refractivity contribution < 1.29 is 45.1 Å². The number of carbonyl (C=O) groups excluding carboxylic acids is 2. The second-order valence-corrected chi connectivity index (χ2v) is 13.3. The largest absolute Gasteiger partial charge is 0.497 e. The van der Waals surface area contributed by atoms with E-state index in [9.17, 15) is 31.5 Å². The number of ether oxygens (including phenoxy) is 1. The number of aromatic nitrogens is 1. The molecule has 49 heavy (non-hydrogen) atoms. The van der Waals surface area contributed by atoms with Crippen LogP contribution in [0, 0.1) is 23.5 Å². The van der Waals surface area contributed by atoms with Crippen molar-refractivity contribution in [3.8, 4) is 5.75 Å². The van der Waals surface area contributed by atoms with E-state index in [1.165, 1.54) is 19.4 Å². The monoisotopic (exact) mass is 702 g/mol. The maximum absolute atomic E-state index is 15.4. The number of hydrogen-bond acceptors (Lipinski definition) is 6. The molecule has 1 aromatic heterocycles. The summed E-state index contributed by atoms with van der Waals surface area (Å²) in [4.78, 5) is 35.3. The summed E-state index contributed by atoms with van der Waals surface area (Å²) in [6.07, 6.45) is -5.17. The third-order valence-corrected chi connectivity index (χ3v) is 10.2. The van der Waals surface area contributed by atoms with E-state index < -0.39 is 90.0 Å². The summed E-state index contributed by atoms with van der Waals surface area (Å²) < 4.78 is 107. The first-order valence-corrected chi connectivity index (χ1v) is 16.3. The first-order chi connectivity index (χ1) is 23.1. The number of amides is 3. The molecule has 2 saturated heterocycles. The van der Waals surface area contributed by atoms with Gasteiger partial charge in [0.05, 0.1) is 18.7 Å². The van der Waals surface area contributed by atoms with Gasteiger partial charge in [0.2, 0.25) is 12.3 Å². The van der Waals surface area contributed by atoms with Gasteiger partial charge in [0.1, 0.15) is 28.8 Å². The first-order valence-electron chi connectivity index (χ1n) is 16.3. The number of hydrogen-bond donors (Lipinski definition) is 2. The van der Waals surface area contributed by atoms with E-state index in [1.54, 1.807) is 4.90 Å². The maximum Gasteiger partial charge on any atom is 0.421 e. The van der Waals surface area contributed by atoms with Crippen molar-refractivity contribution in [2.24, 2.45) is 11.8 Å². The highest BCUT2D eigenvalue weighted by Crippen LogP contribution is 2.46. The summed E-state index contributed by atoms with van der Waals surface area (Å²) in [6.45, 7) is 3.31. The van der Waals surface area contributed by atoms with Gasteiger partial charge in [-0.25, -0.2) is 27.3 Å². The predicted octanol–water partition coefficient (Wildman–Crippen LogP) is 5.79. The van der Waals surface area contributed by atoms with Crippen LogP contribution in [0.5, 0.6) is 5.75 Å². The lowest BCUT2D eigenvalue weighted by Gasteiger charge is -2.44. The van der Waals surface area contributed by atoms with Crippen LogP contribution < -0.4 is 25.2 Å². The zero-order chi connectivity index (χ0) is 35.8. The number of methoxy groups -OCH3 is 1. The van der Waals surface area contributed by atoms with E-state index >= 15 is 8.78 Å². The molecule has 1 unspecified atom stereocenters. The van der Waals surface area contributed by atoms with Gasteiger partial charge >= 0.3 is 12.2 Å². The molecule has 1 aromatic carbocycles. The fraction of sp³-hybridized carbons (Fsp3) is 0.606. The summed E-state index contributed by atoms with van der Waals surface area (Å²) in [5, 5.41) is 5.20. The minimum absolute atomic E-state index is 0.0822. The quantitative estimate of drug-likeness (QED) is 0.339. The van der Waals surface area contributed by atoms with Gasteiger partial charge in [-0.1, -0.05) is 0 Å². The summed E-state index contributed by atoms with van der Waals surface area (Å²) in [5.74, 6) is -7.35. The summed E-state index contributed by atoms with van der Waals surface area (Å²) >= 11 is 0. The van der Waals surface area contributed by atoms with E-state index in [-0.39, 0.29) is 49.5 Å². The number of carbonyl (C=O) groups is 2. The van der Waals surface area contributed by atoms with Crippen molar-refractivity contribution in [1.29, 1.82) is 0 Å². The van der Waals surface area contributed by atoms with Gasteiger partial charge < -0.3 is 20.3 Å². The molecule has 0 radical (unpaired) electrons. The molecule has 270 valence electrons. The predicted molar refractivity (Wildman–Crippen MR) is 168 cm³/mol. The molecule has 4 atom stereocenters. The Hall–Kier alpha value is -3.82. The molecule has 1 saturated carbocycles. The highest BCUT2D eigenvalue weighted by molar-refractivity contribution is 5.99. The Bertz CT molecular complexity index is 1490. The molecule has 2 aromatic rings. The van der Waals surface area contributed by atoms with Gasteiger partial charge in [-0.3, -0.25) is 14.6 Å². The summed E-state index contributed by atoms with van der Waals surface area (Å²) in [7, 11) is 3.10. The Labute approximate surface area is 280 Å². The second-order valence-electron chi connectivity index (χ2n) is 13.3. The number of halogens is 7. The van der Waals surface area contributed by atoms with Crippen molar-refractivity contribution in [3.63, 3.8) is 0 Å². The average Bonchev–Trinajstić information content (AvgIpc) is 3.36. The van der Waals surface area contributed by atoms with Crippen LogP contribution in [0.3, 0.4) is 0 Å². The standard InChI is InChI=1S/C33H41F7N6O3/c1-17-14-45(15-18(2)44(17)3)26-9-10-41-30(28(26)33(38,39)40)46-16-23(27-24(34)11-21(49-4)12-25(27)35)22(31(46)47)13-42-32(48)43-20-7-5-19(6-8-20)29(36)37/h9-12,17-20,22-23,29H,5-8,13-16H2,1-4H3,(H2,42,43,48)/t17-,18+,19-,20-,22?,23-/m1/s1. The summed E-state index contributed by atoms with van der Waals surface area (Å²) in [6, 6.07) is 1.76. The van der Waals surface area contributed by atoms with Crippen molar-refractivity contribution in [2.45, 2.75) is 76.2 Å². The molecular formula is C33H41F7N6O3. The number of pyridine rings is 1. The van der Waals surface area contributed by atoms with Crippen molar-refractivity contribution in [2.75, 3.05) is 50.1 Å². The molecule has 3 heterocycles. The smallest absolute Gasteiger partial charge is 0.421 e. The number of nitrogens with zero attached hydrogens (tertiary/aromatic N) is 4. The van der Waals surface area contributed by atoms with E-state index in [0.29, 0.717) is 12.8 Å². The van der Waals surface area contributed by atoms with Gasteiger partial charge in [0.15, 0.2) is 0 Å². The molecule has 16 heteroatoms. The Morgan fingerprint density at radius 1 is 1.04 bits per heavy atom. The second kappa shape index (κ2) is 14.6. The Kier molecular flexibility index (Phi) is 10.8. The number of nitrogens with one attached hydrogen (secondary N) is 2. The molecule has 9 nitrogen and oxygen atoms in total. The van der Waals surface area contributed by atoms with Crippen LogP contribution in [0.25, 0.3) is 0 Å². The number of rotatable bonds is 8. The molecule has 3 fully saturated rings. The minimum atomic E-state index is -4.96. The Morgan fingerprint density at radius 2 is 1.65 bits per heavy atom. The topological polar surface area (TPSA) is 90.0 Å². The van der Waals surface area contributed by atoms with Crippen molar-refractivity contribution in [1.82, 2.24) is 20.5 Å². The number of urea groups is 1. The molecule has 3 aliphatic rings. The van der Waals surface area contributed by atoms with E-state index in [4.69, 9.17) is 4.74 Å². The van der Waals surface area contributed by atoms with Crippen LogP contribution in [-0.4, -0.2) is 86.7 Å². The number of anilines is 2. The molecule has 1 aliphatic carbocycles. The first kappa shape index (κ1) is 36.5. The van der Waals surface area contributed by atoms with E-state index in [1.807, 2.05) is 20.9 Å². The van der Waals surface area contributed by atoms with Crippen LogP contribution in [0.2, 0.25) is 0 Å².